The van der Waals surface area contributed by atoms with Crippen LogP contribution in [0.25, 0.3) is 0 Å². The minimum Gasteiger partial charge on any atom is -0.331 e. The Kier molecular flexibility index (Phi) is 4.82. The third kappa shape index (κ3) is 3.31. The van der Waals surface area contributed by atoms with Gasteiger partial charge in [-0.25, -0.2) is 9.78 Å². The van der Waals surface area contributed by atoms with Crippen molar-refractivity contribution in [2.45, 2.75) is 48.4 Å². The standard InChI is InChI=1S/C22H21N3OS2/c26-22(23-14-21-24-15-8-2-1-3-11-18(15)28-21)25-16-9-4-6-12-19(16)27-20-13-7-5-10-17(20)25/h4-7,9-10,12-13H,1-3,8,11,14H2,(H,23,26). The zero-order chi connectivity index (χ0) is 18.9. The van der Waals surface area contributed by atoms with E-state index >= 15 is 0 Å². The lowest BCUT2D eigenvalue weighted by Crippen LogP contribution is -2.37. The molecule has 0 bridgehead atoms. The van der Waals surface area contributed by atoms with Crippen LogP contribution in [0.5, 0.6) is 0 Å². The van der Waals surface area contributed by atoms with Gasteiger partial charge >= 0.3 is 6.03 Å². The molecule has 142 valence electrons. The van der Waals surface area contributed by atoms with E-state index in [0.29, 0.717) is 6.54 Å². The van der Waals surface area contributed by atoms with Crippen LogP contribution < -0.4 is 10.2 Å². The van der Waals surface area contributed by atoms with Crippen LogP contribution in [0.15, 0.2) is 58.3 Å². The van der Waals surface area contributed by atoms with Crippen molar-refractivity contribution >= 4 is 40.5 Å². The number of hydrogen-bond donors (Lipinski definition) is 1. The number of nitrogens with zero attached hydrogens (tertiary/aromatic N) is 2. The summed E-state index contributed by atoms with van der Waals surface area (Å²) in [7, 11) is 0. The first-order chi connectivity index (χ1) is 13.8. The largest absolute Gasteiger partial charge is 0.331 e. The molecule has 1 aliphatic carbocycles. The molecule has 5 rings (SSSR count). The summed E-state index contributed by atoms with van der Waals surface area (Å²) in [5.41, 5.74) is 3.11. The summed E-state index contributed by atoms with van der Waals surface area (Å²) in [4.78, 5) is 23.4. The zero-order valence-electron chi connectivity index (χ0n) is 15.5. The minimum atomic E-state index is -0.106. The zero-order valence-corrected chi connectivity index (χ0v) is 17.1. The highest BCUT2D eigenvalue weighted by atomic mass is 32.2. The van der Waals surface area contributed by atoms with E-state index in [1.807, 2.05) is 36.4 Å². The van der Waals surface area contributed by atoms with Crippen LogP contribution >= 0.6 is 23.1 Å². The summed E-state index contributed by atoms with van der Waals surface area (Å²) in [6, 6.07) is 16.0. The van der Waals surface area contributed by atoms with Gasteiger partial charge in [-0.1, -0.05) is 42.4 Å². The topological polar surface area (TPSA) is 45.2 Å². The molecule has 0 saturated heterocycles. The molecule has 2 amide bonds. The molecule has 0 spiro atoms. The van der Waals surface area contributed by atoms with Gasteiger partial charge in [0.2, 0.25) is 0 Å². The second kappa shape index (κ2) is 7.60. The number of amides is 2. The summed E-state index contributed by atoms with van der Waals surface area (Å²) in [5, 5.41) is 4.11. The predicted molar refractivity (Wildman–Crippen MR) is 115 cm³/mol. The number of hydrogen-bond acceptors (Lipinski definition) is 4. The van der Waals surface area contributed by atoms with Crippen molar-refractivity contribution in [3.05, 3.63) is 64.1 Å². The Labute approximate surface area is 173 Å². The quantitative estimate of drug-likeness (QED) is 0.536. The average molecular weight is 408 g/mol. The molecule has 3 aromatic rings. The molecule has 4 nitrogen and oxygen atoms in total. The van der Waals surface area contributed by atoms with E-state index in [1.54, 1.807) is 28.0 Å². The van der Waals surface area contributed by atoms with Crippen LogP contribution in [-0.4, -0.2) is 11.0 Å². The SMILES string of the molecule is O=C(NCc1nc2c(s1)CCCCC2)N1c2ccccc2Sc2ccccc21. The van der Waals surface area contributed by atoms with Gasteiger partial charge in [-0.3, -0.25) is 4.90 Å². The third-order valence-corrected chi connectivity index (χ3v) is 7.45. The van der Waals surface area contributed by atoms with Crippen molar-refractivity contribution in [3.8, 4) is 0 Å². The van der Waals surface area contributed by atoms with Crippen molar-refractivity contribution < 1.29 is 4.79 Å². The van der Waals surface area contributed by atoms with Gasteiger partial charge in [0.25, 0.3) is 0 Å². The van der Waals surface area contributed by atoms with Crippen molar-refractivity contribution in [1.82, 2.24) is 10.3 Å². The maximum atomic E-state index is 13.2. The van der Waals surface area contributed by atoms with Crippen molar-refractivity contribution in [2.75, 3.05) is 4.90 Å². The van der Waals surface area contributed by atoms with Gasteiger partial charge in [-0.05, 0) is 49.9 Å². The number of urea groups is 1. The highest BCUT2D eigenvalue weighted by Crippen LogP contribution is 2.47. The number of para-hydroxylation sites is 2. The highest BCUT2D eigenvalue weighted by Gasteiger charge is 2.28. The first-order valence-electron chi connectivity index (χ1n) is 9.71. The van der Waals surface area contributed by atoms with E-state index in [9.17, 15) is 4.79 Å². The lowest BCUT2D eigenvalue weighted by atomic mass is 10.2. The Morgan fingerprint density at radius 3 is 2.39 bits per heavy atom. The molecule has 1 N–H and O–H groups in total. The van der Waals surface area contributed by atoms with E-state index < -0.39 is 0 Å². The van der Waals surface area contributed by atoms with E-state index in [4.69, 9.17) is 4.98 Å². The summed E-state index contributed by atoms with van der Waals surface area (Å²) in [6.07, 6.45) is 5.97. The number of aryl methyl sites for hydroxylation is 2. The normalized spacial score (nSPS) is 15.2. The fourth-order valence-electron chi connectivity index (χ4n) is 3.81. The third-order valence-electron chi connectivity index (χ3n) is 5.17. The molecule has 6 heteroatoms. The van der Waals surface area contributed by atoms with Crippen LogP contribution in [0.3, 0.4) is 0 Å². The first-order valence-corrected chi connectivity index (χ1v) is 11.3. The molecule has 0 atom stereocenters. The number of fused-ring (bicyclic) bond motifs is 3. The molecule has 2 aromatic carbocycles. The fourth-order valence-corrected chi connectivity index (χ4v) is 5.97. The number of carbonyl (C=O) groups is 1. The number of rotatable bonds is 2. The van der Waals surface area contributed by atoms with Crippen LogP contribution in [0, 0.1) is 0 Å². The molecule has 0 saturated carbocycles. The number of aromatic nitrogens is 1. The lowest BCUT2D eigenvalue weighted by molar-refractivity contribution is 0.248. The number of nitrogens with one attached hydrogen (secondary N) is 1. The Bertz CT molecular complexity index is 961. The van der Waals surface area contributed by atoms with Crippen LogP contribution in [-0.2, 0) is 19.4 Å². The van der Waals surface area contributed by atoms with Crippen LogP contribution in [0.4, 0.5) is 16.2 Å². The van der Waals surface area contributed by atoms with Crippen LogP contribution in [0.1, 0.15) is 34.8 Å². The Morgan fingerprint density at radius 1 is 0.964 bits per heavy atom. The number of carbonyl (C=O) groups excluding carboxylic acids is 1. The second-order valence-corrected chi connectivity index (χ2v) is 9.32. The molecule has 0 fully saturated rings. The molecule has 0 unspecified atom stereocenters. The molecule has 0 radical (unpaired) electrons. The monoisotopic (exact) mass is 407 g/mol. The van der Waals surface area contributed by atoms with Crippen molar-refractivity contribution in [3.63, 3.8) is 0 Å². The van der Waals surface area contributed by atoms with Gasteiger partial charge < -0.3 is 5.32 Å². The molecule has 1 aliphatic heterocycles. The Morgan fingerprint density at radius 2 is 1.64 bits per heavy atom. The number of anilines is 2. The van der Waals surface area contributed by atoms with Crippen molar-refractivity contribution in [1.29, 1.82) is 0 Å². The van der Waals surface area contributed by atoms with E-state index in [-0.39, 0.29) is 6.03 Å². The van der Waals surface area contributed by atoms with E-state index in [2.05, 4.69) is 17.4 Å². The summed E-state index contributed by atoms with van der Waals surface area (Å²) in [6.45, 7) is 0.477. The van der Waals surface area contributed by atoms with Gasteiger partial charge in [-0.15, -0.1) is 11.3 Å². The van der Waals surface area contributed by atoms with Gasteiger partial charge in [0.1, 0.15) is 5.01 Å². The summed E-state index contributed by atoms with van der Waals surface area (Å²) in [5.74, 6) is 0. The van der Waals surface area contributed by atoms with Crippen molar-refractivity contribution in [2.24, 2.45) is 0 Å². The van der Waals surface area contributed by atoms with E-state index in [1.165, 1.54) is 29.8 Å². The first kappa shape index (κ1) is 17.8. The fraction of sp³-hybridized carbons (Fsp3) is 0.273. The molecular weight excluding hydrogens is 386 g/mol. The Balaban J connectivity index is 1.38. The predicted octanol–water partition coefficient (Wildman–Crippen LogP) is 5.92. The van der Waals surface area contributed by atoms with Gasteiger partial charge in [0, 0.05) is 14.7 Å². The highest BCUT2D eigenvalue weighted by molar-refractivity contribution is 7.99. The summed E-state index contributed by atoms with van der Waals surface area (Å²) < 4.78 is 0. The smallest absolute Gasteiger partial charge is 0.326 e. The lowest BCUT2D eigenvalue weighted by Gasteiger charge is -2.30. The van der Waals surface area contributed by atoms with Gasteiger partial charge in [0.15, 0.2) is 0 Å². The average Bonchev–Trinajstić information content (AvgIpc) is 2.99. The minimum absolute atomic E-state index is 0.106. The number of thiazole rings is 1. The molecule has 28 heavy (non-hydrogen) atoms. The Hall–Kier alpha value is -2.31. The molecule has 2 aliphatic rings. The van der Waals surface area contributed by atoms with E-state index in [0.717, 1.165) is 39.0 Å². The van der Waals surface area contributed by atoms with Crippen LogP contribution in [0.2, 0.25) is 0 Å². The second-order valence-electron chi connectivity index (χ2n) is 7.07. The van der Waals surface area contributed by atoms with Gasteiger partial charge in [-0.2, -0.15) is 0 Å². The molecule has 1 aromatic heterocycles. The molecule has 2 heterocycles. The maximum absolute atomic E-state index is 13.2. The van der Waals surface area contributed by atoms with Gasteiger partial charge in [0.05, 0.1) is 23.6 Å². The summed E-state index contributed by atoms with van der Waals surface area (Å²) >= 11 is 3.47. The maximum Gasteiger partial charge on any atom is 0.326 e. The number of benzene rings is 2. The molecular formula is C22H21N3OS2.